The molecule has 440 valence electrons. The third kappa shape index (κ3) is 64.0. The number of aliphatic hydroxyl groups is 1. The van der Waals surface area contributed by atoms with Crippen molar-refractivity contribution < 1.29 is 24.2 Å². The van der Waals surface area contributed by atoms with E-state index in [1.807, 2.05) is 0 Å². The predicted molar refractivity (Wildman–Crippen MR) is 343 cm³/mol. The summed E-state index contributed by atoms with van der Waals surface area (Å²) < 4.78 is 10.7. The zero-order valence-electron chi connectivity index (χ0n) is 50.4. The maximum atomic E-state index is 12.3. The van der Waals surface area contributed by atoms with Crippen molar-refractivity contribution in [1.29, 1.82) is 0 Å². The van der Waals surface area contributed by atoms with E-state index in [4.69, 9.17) is 9.47 Å². The fourth-order valence-electron chi connectivity index (χ4n) is 8.53. The number of rotatable bonds is 57. The van der Waals surface area contributed by atoms with Crippen LogP contribution in [0.1, 0.15) is 271 Å². The Morgan fingerprint density at radius 2 is 0.551 bits per heavy atom. The Balaban J connectivity index is 3.65. The molecule has 0 bridgehead atoms. The van der Waals surface area contributed by atoms with Crippen LogP contribution in [0.15, 0.2) is 158 Å². The number of carbonyl (C=O) groups is 2. The Labute approximate surface area is 481 Å². The van der Waals surface area contributed by atoms with E-state index in [2.05, 4.69) is 172 Å². The van der Waals surface area contributed by atoms with Gasteiger partial charge in [0.15, 0.2) is 6.10 Å². The maximum absolute atomic E-state index is 12.3. The lowest BCUT2D eigenvalue weighted by Crippen LogP contribution is -2.28. The van der Waals surface area contributed by atoms with Gasteiger partial charge in [0.1, 0.15) is 6.61 Å². The number of allylic oxidation sites excluding steroid dienone is 26. The van der Waals surface area contributed by atoms with Crippen molar-refractivity contribution in [2.45, 2.75) is 277 Å². The summed E-state index contributed by atoms with van der Waals surface area (Å²) in [6.07, 6.45) is 102. The highest BCUT2D eigenvalue weighted by molar-refractivity contribution is 5.70. The summed E-state index contributed by atoms with van der Waals surface area (Å²) in [6.45, 7) is 4.00. The monoisotopic (exact) mass is 1070 g/mol. The van der Waals surface area contributed by atoms with Crippen molar-refractivity contribution in [3.05, 3.63) is 158 Å². The second kappa shape index (κ2) is 66.8. The molecule has 5 heteroatoms. The number of aliphatic hydroxyl groups excluding tert-OH is 1. The van der Waals surface area contributed by atoms with E-state index < -0.39 is 6.10 Å². The van der Waals surface area contributed by atoms with Gasteiger partial charge >= 0.3 is 11.9 Å². The van der Waals surface area contributed by atoms with E-state index in [-0.39, 0.29) is 25.2 Å². The van der Waals surface area contributed by atoms with Gasteiger partial charge in [0, 0.05) is 12.8 Å². The van der Waals surface area contributed by atoms with Gasteiger partial charge in [0.05, 0.1) is 6.61 Å². The molecule has 0 rings (SSSR count). The third-order valence-electron chi connectivity index (χ3n) is 13.3. The number of unbranched alkanes of at least 4 members (excludes halogenated alkanes) is 23. The van der Waals surface area contributed by atoms with Crippen LogP contribution in [-0.2, 0) is 19.1 Å². The molecule has 0 heterocycles. The van der Waals surface area contributed by atoms with E-state index in [1.54, 1.807) is 0 Å². The SMILES string of the molecule is CC/C=C\C/C=C\C/C=C\C/C=C\C/C=C\C/C=C\C/C=C\C/C=C\C/C=C\C/C=C\C/C=C\C/C=C\CCCCC(=O)OC(CO)COC(=O)CCCCCCCCCCCCCCC/C=C\CCCCCCCCCC. The Hall–Kier alpha value is -4.48. The summed E-state index contributed by atoms with van der Waals surface area (Å²) in [7, 11) is 0. The molecule has 0 fully saturated rings. The summed E-state index contributed by atoms with van der Waals surface area (Å²) in [4.78, 5) is 24.6. The van der Waals surface area contributed by atoms with E-state index in [0.29, 0.717) is 19.3 Å². The molecule has 1 atom stereocenters. The second-order valence-electron chi connectivity index (χ2n) is 20.8. The first-order valence-corrected chi connectivity index (χ1v) is 32.0. The highest BCUT2D eigenvalue weighted by atomic mass is 16.6. The molecule has 0 aliphatic rings. The zero-order chi connectivity index (χ0) is 56.2. The molecule has 0 aliphatic carbocycles. The second-order valence-corrected chi connectivity index (χ2v) is 20.8. The molecule has 0 saturated carbocycles. The number of carbonyl (C=O) groups excluding carboxylic acids is 2. The van der Waals surface area contributed by atoms with Gasteiger partial charge in [-0.3, -0.25) is 9.59 Å². The summed E-state index contributed by atoms with van der Waals surface area (Å²) in [5.41, 5.74) is 0. The molecule has 0 saturated heterocycles. The van der Waals surface area contributed by atoms with Gasteiger partial charge in [-0.1, -0.05) is 287 Å². The molecule has 0 radical (unpaired) electrons. The molecule has 0 spiro atoms. The lowest BCUT2D eigenvalue weighted by molar-refractivity contribution is -0.161. The van der Waals surface area contributed by atoms with Gasteiger partial charge in [-0.2, -0.15) is 0 Å². The first-order valence-electron chi connectivity index (χ1n) is 32.0. The minimum atomic E-state index is -0.807. The van der Waals surface area contributed by atoms with Gasteiger partial charge in [0.25, 0.3) is 0 Å². The van der Waals surface area contributed by atoms with Crippen molar-refractivity contribution in [3.8, 4) is 0 Å². The summed E-state index contributed by atoms with van der Waals surface area (Å²) in [5, 5.41) is 9.67. The molecule has 1 N–H and O–H groups in total. The molecular formula is C73H118O5. The standard InChI is InChI=1S/C73H118O5/c1-3-5-7-9-11-13-15-17-19-21-23-25-27-29-30-31-32-33-34-35-36-37-38-39-40-41-42-44-46-48-50-52-54-56-58-60-62-64-66-68-73(76)78-71(69-74)70-77-72(75)67-65-63-61-59-57-55-53-51-49-47-45-43-28-26-24-22-20-18-16-14-12-10-8-6-4-2/h5,7,11,13,17,19,22-25,29-30,32-33,35-36,38-39,41-42,46,48,52,54,58,60,71,74H,3-4,6,8-10,12,14-16,18,20-21,26-28,31,34,37,40,43-45,47,49-51,53,55-57,59,61-70H2,1-2H3/b7-5-,13-11-,19-17-,24-22-,25-23-,30-29-,33-32-,36-35-,39-38-,42-41-,48-46-,54-52-,60-58-. The van der Waals surface area contributed by atoms with Crippen molar-refractivity contribution in [3.63, 3.8) is 0 Å². The first kappa shape index (κ1) is 73.5. The average molecular weight is 1080 g/mol. The highest BCUT2D eigenvalue weighted by Gasteiger charge is 2.16. The summed E-state index contributed by atoms with van der Waals surface area (Å²) in [5.74, 6) is -0.646. The van der Waals surface area contributed by atoms with Crippen molar-refractivity contribution >= 4 is 11.9 Å². The Morgan fingerprint density at radius 1 is 0.308 bits per heavy atom. The van der Waals surface area contributed by atoms with Gasteiger partial charge in [-0.25, -0.2) is 0 Å². The van der Waals surface area contributed by atoms with E-state index >= 15 is 0 Å². The van der Waals surface area contributed by atoms with Crippen LogP contribution in [0, 0.1) is 0 Å². The fraction of sp³-hybridized carbons (Fsp3) is 0.616. The Morgan fingerprint density at radius 3 is 0.872 bits per heavy atom. The van der Waals surface area contributed by atoms with E-state index in [1.165, 1.54) is 128 Å². The largest absolute Gasteiger partial charge is 0.462 e. The normalized spacial score (nSPS) is 13.3. The molecule has 0 aromatic carbocycles. The van der Waals surface area contributed by atoms with Crippen LogP contribution in [0.3, 0.4) is 0 Å². The minimum absolute atomic E-state index is 0.0917. The predicted octanol–water partition coefficient (Wildman–Crippen LogP) is 22.3. The molecule has 1 unspecified atom stereocenters. The molecule has 0 aliphatic heterocycles. The molecule has 0 aromatic rings. The van der Waals surface area contributed by atoms with Crippen molar-refractivity contribution in [2.24, 2.45) is 0 Å². The number of esters is 2. The summed E-state index contributed by atoms with van der Waals surface area (Å²) >= 11 is 0. The Bertz CT molecular complexity index is 1690. The lowest BCUT2D eigenvalue weighted by atomic mass is 10.0. The highest BCUT2D eigenvalue weighted by Crippen LogP contribution is 2.15. The molecule has 5 nitrogen and oxygen atoms in total. The Kier molecular flexibility index (Phi) is 63.0. The number of hydrogen-bond acceptors (Lipinski definition) is 5. The van der Waals surface area contributed by atoms with Crippen LogP contribution in [0.25, 0.3) is 0 Å². The van der Waals surface area contributed by atoms with Crippen LogP contribution < -0.4 is 0 Å². The van der Waals surface area contributed by atoms with Crippen LogP contribution >= 0.6 is 0 Å². The quantitative estimate of drug-likeness (QED) is 0.0373. The van der Waals surface area contributed by atoms with E-state index in [9.17, 15) is 14.7 Å². The molecule has 78 heavy (non-hydrogen) atoms. The van der Waals surface area contributed by atoms with Gasteiger partial charge in [-0.05, 0) is 128 Å². The van der Waals surface area contributed by atoms with Crippen molar-refractivity contribution in [1.82, 2.24) is 0 Å². The van der Waals surface area contributed by atoms with Crippen LogP contribution in [0.2, 0.25) is 0 Å². The fourth-order valence-corrected chi connectivity index (χ4v) is 8.53. The molecule has 0 aromatic heterocycles. The van der Waals surface area contributed by atoms with Crippen molar-refractivity contribution in [2.75, 3.05) is 13.2 Å². The topological polar surface area (TPSA) is 72.8 Å². The maximum Gasteiger partial charge on any atom is 0.306 e. The zero-order valence-corrected chi connectivity index (χ0v) is 50.4. The van der Waals surface area contributed by atoms with Gasteiger partial charge in [-0.15, -0.1) is 0 Å². The molecule has 0 amide bonds. The van der Waals surface area contributed by atoms with Crippen LogP contribution in [-0.4, -0.2) is 36.4 Å². The first-order chi connectivity index (χ1) is 38.6. The number of ether oxygens (including phenoxy) is 2. The lowest BCUT2D eigenvalue weighted by Gasteiger charge is -2.15. The smallest absolute Gasteiger partial charge is 0.306 e. The average Bonchev–Trinajstić information content (AvgIpc) is 3.44. The van der Waals surface area contributed by atoms with Gasteiger partial charge in [0.2, 0.25) is 0 Å². The van der Waals surface area contributed by atoms with Gasteiger partial charge < -0.3 is 14.6 Å². The number of hydrogen-bond donors (Lipinski definition) is 1. The van der Waals surface area contributed by atoms with E-state index in [0.717, 1.165) is 109 Å². The third-order valence-corrected chi connectivity index (χ3v) is 13.3. The minimum Gasteiger partial charge on any atom is -0.462 e. The molecular weight excluding hydrogens is 957 g/mol. The summed E-state index contributed by atoms with van der Waals surface area (Å²) in [6, 6.07) is 0. The van der Waals surface area contributed by atoms with Crippen LogP contribution in [0.5, 0.6) is 0 Å². The van der Waals surface area contributed by atoms with Crippen LogP contribution in [0.4, 0.5) is 0 Å².